The summed E-state index contributed by atoms with van der Waals surface area (Å²) in [6.07, 6.45) is 10.8. The number of aromatic nitrogens is 1. The Morgan fingerprint density at radius 2 is 1.85 bits per heavy atom. The number of aryl methyl sites for hydroxylation is 1. The van der Waals surface area contributed by atoms with E-state index in [0.29, 0.717) is 24.9 Å². The molecule has 1 saturated carbocycles. The molecule has 1 atom stereocenters. The van der Waals surface area contributed by atoms with Crippen LogP contribution in [0.25, 0.3) is 12.2 Å². The lowest BCUT2D eigenvalue weighted by molar-refractivity contribution is -0.126. The molecule has 1 amide bonds. The third kappa shape index (κ3) is 5.58. The molecule has 0 radical (unpaired) electrons. The first-order chi connectivity index (χ1) is 16.4. The van der Waals surface area contributed by atoms with Crippen LogP contribution < -0.4 is 5.32 Å². The Kier molecular flexibility index (Phi) is 7.83. The molecule has 34 heavy (non-hydrogen) atoms. The summed E-state index contributed by atoms with van der Waals surface area (Å²) in [6.45, 7) is 2.02. The number of carbonyl (C=O) groups excluding carboxylic acids is 1. The lowest BCUT2D eigenvalue weighted by Crippen LogP contribution is -2.47. The lowest BCUT2D eigenvalue weighted by atomic mass is 9.97. The summed E-state index contributed by atoms with van der Waals surface area (Å²) < 4.78 is 47.7. The highest BCUT2D eigenvalue weighted by molar-refractivity contribution is 7.89. The molecule has 1 aliphatic heterocycles. The van der Waals surface area contributed by atoms with E-state index >= 15 is 0 Å². The normalized spacial score (nSPS) is 20.9. The number of carbonyl (C=O) groups is 1. The molecule has 1 aromatic heterocycles. The van der Waals surface area contributed by atoms with Gasteiger partial charge in [0.15, 0.2) is 10.7 Å². The third-order valence-corrected chi connectivity index (χ3v) is 8.73. The summed E-state index contributed by atoms with van der Waals surface area (Å²) in [5.74, 6) is -0.818. The van der Waals surface area contributed by atoms with Crippen LogP contribution in [0.15, 0.2) is 33.7 Å². The minimum absolute atomic E-state index is 0.0371. The van der Waals surface area contributed by atoms with Gasteiger partial charge in [0, 0.05) is 24.7 Å². The molecule has 2 fully saturated rings. The second kappa shape index (κ2) is 10.8. The van der Waals surface area contributed by atoms with E-state index in [1.54, 1.807) is 25.1 Å². The standard InChI is InChI=1S/C25H32FN3O4S/c1-18-24(23(33-28-18)15-14-19-9-6-7-13-22(19)26)34(31,32)29-16-8-10-20(17-29)25(30)27-21-11-4-2-3-5-12-21/h6-7,9,13-15,20-21H,2-5,8,10-12,16-17H2,1H3,(H,27,30)/b15-14+/t20-/m1/s1. The summed E-state index contributed by atoms with van der Waals surface area (Å²) in [7, 11) is -3.95. The molecule has 2 aliphatic rings. The van der Waals surface area contributed by atoms with Crippen LogP contribution in [-0.2, 0) is 14.8 Å². The number of nitrogens with zero attached hydrogens (tertiary/aromatic N) is 2. The predicted molar refractivity (Wildman–Crippen MR) is 128 cm³/mol. The molecular weight excluding hydrogens is 457 g/mol. The Balaban J connectivity index is 1.50. The summed E-state index contributed by atoms with van der Waals surface area (Å²) >= 11 is 0. The van der Waals surface area contributed by atoms with Crippen molar-refractivity contribution < 1.29 is 22.1 Å². The van der Waals surface area contributed by atoms with Crippen molar-refractivity contribution in [3.05, 3.63) is 47.1 Å². The Labute approximate surface area is 200 Å². The molecule has 2 aromatic rings. The van der Waals surface area contributed by atoms with Gasteiger partial charge in [-0.25, -0.2) is 12.8 Å². The van der Waals surface area contributed by atoms with Crippen molar-refractivity contribution in [3.63, 3.8) is 0 Å². The molecule has 184 valence electrons. The molecule has 0 unspecified atom stereocenters. The van der Waals surface area contributed by atoms with E-state index in [1.807, 2.05) is 0 Å². The Morgan fingerprint density at radius 1 is 1.12 bits per heavy atom. The average molecular weight is 490 g/mol. The fourth-order valence-corrected chi connectivity index (χ4v) is 6.60. The Morgan fingerprint density at radius 3 is 2.59 bits per heavy atom. The van der Waals surface area contributed by atoms with E-state index in [1.165, 1.54) is 35.4 Å². The molecule has 2 heterocycles. The third-order valence-electron chi connectivity index (χ3n) is 6.71. The van der Waals surface area contributed by atoms with E-state index < -0.39 is 15.8 Å². The van der Waals surface area contributed by atoms with Crippen molar-refractivity contribution in [2.24, 2.45) is 5.92 Å². The summed E-state index contributed by atoms with van der Waals surface area (Å²) in [4.78, 5) is 12.9. The maximum atomic E-state index is 14.0. The molecule has 4 rings (SSSR count). The fraction of sp³-hybridized carbons (Fsp3) is 0.520. The van der Waals surface area contributed by atoms with Crippen LogP contribution in [0.4, 0.5) is 4.39 Å². The summed E-state index contributed by atoms with van der Waals surface area (Å²) in [5.41, 5.74) is 0.548. The lowest BCUT2D eigenvalue weighted by Gasteiger charge is -2.32. The quantitative estimate of drug-likeness (QED) is 0.602. The van der Waals surface area contributed by atoms with Gasteiger partial charge >= 0.3 is 0 Å². The smallest absolute Gasteiger partial charge is 0.248 e. The molecule has 7 nitrogen and oxygen atoms in total. The average Bonchev–Trinajstić information content (AvgIpc) is 3.02. The molecule has 0 spiro atoms. The highest BCUT2D eigenvalue weighted by atomic mass is 32.2. The highest BCUT2D eigenvalue weighted by Crippen LogP contribution is 2.30. The van der Waals surface area contributed by atoms with Crippen LogP contribution >= 0.6 is 0 Å². The van der Waals surface area contributed by atoms with E-state index in [9.17, 15) is 17.6 Å². The summed E-state index contributed by atoms with van der Waals surface area (Å²) in [6, 6.07) is 6.37. The molecule has 1 saturated heterocycles. The minimum Gasteiger partial charge on any atom is -0.355 e. The molecule has 0 bridgehead atoms. The molecular formula is C25H32FN3O4S. The molecule has 1 aliphatic carbocycles. The largest absolute Gasteiger partial charge is 0.355 e. The van der Waals surface area contributed by atoms with Crippen LogP contribution in [0.3, 0.4) is 0 Å². The zero-order valence-electron chi connectivity index (χ0n) is 19.5. The number of piperidine rings is 1. The van der Waals surface area contributed by atoms with E-state index in [0.717, 1.165) is 25.7 Å². The maximum absolute atomic E-state index is 14.0. The number of hydrogen-bond acceptors (Lipinski definition) is 5. The number of hydrogen-bond donors (Lipinski definition) is 1. The molecule has 1 aromatic carbocycles. The van der Waals surface area contributed by atoms with Crippen molar-refractivity contribution >= 4 is 28.1 Å². The van der Waals surface area contributed by atoms with E-state index in [-0.39, 0.29) is 40.8 Å². The van der Waals surface area contributed by atoms with Crippen molar-refractivity contribution in [2.75, 3.05) is 13.1 Å². The van der Waals surface area contributed by atoms with Crippen molar-refractivity contribution in [3.8, 4) is 0 Å². The van der Waals surface area contributed by atoms with Gasteiger partial charge in [-0.1, -0.05) is 49.0 Å². The van der Waals surface area contributed by atoms with E-state index in [4.69, 9.17) is 4.52 Å². The van der Waals surface area contributed by atoms with Crippen LogP contribution in [0.1, 0.15) is 68.4 Å². The SMILES string of the molecule is Cc1noc(/C=C/c2ccccc2F)c1S(=O)(=O)N1CCC[C@@H](C(=O)NC2CCCCCC2)C1. The van der Waals surface area contributed by atoms with Gasteiger partial charge in [-0.3, -0.25) is 4.79 Å². The van der Waals surface area contributed by atoms with Gasteiger partial charge < -0.3 is 9.84 Å². The number of benzene rings is 1. The Bertz CT molecular complexity index is 1140. The van der Waals surface area contributed by atoms with Crippen molar-refractivity contribution in [1.29, 1.82) is 0 Å². The van der Waals surface area contributed by atoms with Gasteiger partial charge in [0.25, 0.3) is 0 Å². The van der Waals surface area contributed by atoms with Gasteiger partial charge in [0.1, 0.15) is 11.5 Å². The Hall–Kier alpha value is -2.52. The second-order valence-corrected chi connectivity index (χ2v) is 11.1. The fourth-order valence-electron chi connectivity index (χ4n) is 4.82. The number of rotatable bonds is 6. The highest BCUT2D eigenvalue weighted by Gasteiger charge is 2.37. The minimum atomic E-state index is -3.95. The van der Waals surface area contributed by atoms with Gasteiger partial charge in [0.05, 0.1) is 5.92 Å². The monoisotopic (exact) mass is 489 g/mol. The van der Waals surface area contributed by atoms with Gasteiger partial charge in [-0.15, -0.1) is 0 Å². The number of sulfonamides is 1. The van der Waals surface area contributed by atoms with Crippen LogP contribution in [0, 0.1) is 18.7 Å². The van der Waals surface area contributed by atoms with Crippen LogP contribution in [0.5, 0.6) is 0 Å². The predicted octanol–water partition coefficient (Wildman–Crippen LogP) is 4.53. The number of nitrogens with one attached hydrogen (secondary N) is 1. The zero-order chi connectivity index (χ0) is 24.1. The maximum Gasteiger partial charge on any atom is 0.248 e. The molecule has 9 heteroatoms. The van der Waals surface area contributed by atoms with Crippen LogP contribution in [-0.4, -0.2) is 42.9 Å². The van der Waals surface area contributed by atoms with Crippen LogP contribution in [0.2, 0.25) is 0 Å². The van der Waals surface area contributed by atoms with Gasteiger partial charge in [0.2, 0.25) is 15.9 Å². The zero-order valence-corrected chi connectivity index (χ0v) is 20.3. The van der Waals surface area contributed by atoms with Gasteiger partial charge in [-0.05, 0) is 50.8 Å². The van der Waals surface area contributed by atoms with E-state index in [2.05, 4.69) is 10.5 Å². The second-order valence-electron chi connectivity index (χ2n) is 9.22. The summed E-state index contributed by atoms with van der Waals surface area (Å²) in [5, 5.41) is 7.01. The number of amides is 1. The molecule has 1 N–H and O–H groups in total. The first kappa shape index (κ1) is 24.6. The first-order valence-corrected chi connectivity index (χ1v) is 13.5. The first-order valence-electron chi connectivity index (χ1n) is 12.1. The number of halogens is 1. The van der Waals surface area contributed by atoms with Crippen molar-refractivity contribution in [2.45, 2.75) is 69.2 Å². The van der Waals surface area contributed by atoms with Gasteiger partial charge in [-0.2, -0.15) is 4.31 Å². The van der Waals surface area contributed by atoms with Crippen molar-refractivity contribution in [1.82, 2.24) is 14.8 Å². The topological polar surface area (TPSA) is 92.5 Å².